The van der Waals surface area contributed by atoms with E-state index in [0.29, 0.717) is 89.4 Å². The minimum atomic E-state index is 0.0683. The van der Waals surface area contributed by atoms with Crippen molar-refractivity contribution in [1.29, 1.82) is 5.26 Å². The van der Waals surface area contributed by atoms with E-state index in [1.165, 1.54) is 6.20 Å². The number of rotatable bonds is 11. The Bertz CT molecular complexity index is 1360. The normalized spacial score (nSPS) is 11.5. The van der Waals surface area contributed by atoms with Crippen LogP contribution in [0.2, 0.25) is 0 Å². The second-order valence-corrected chi connectivity index (χ2v) is 7.72. The Morgan fingerprint density at radius 1 is 0.973 bits per heavy atom. The maximum absolute atomic E-state index is 9.81. The van der Waals surface area contributed by atoms with Gasteiger partial charge >= 0.3 is 0 Å². The molecule has 0 fully saturated rings. The van der Waals surface area contributed by atoms with E-state index in [1.54, 1.807) is 33.5 Å². The summed E-state index contributed by atoms with van der Waals surface area (Å²) in [5.41, 5.74) is 2.84. The van der Waals surface area contributed by atoms with Crippen LogP contribution in [0.4, 0.5) is 11.4 Å². The van der Waals surface area contributed by atoms with Crippen LogP contribution in [0.3, 0.4) is 0 Å². The zero-order valence-electron chi connectivity index (χ0n) is 20.9. The molecule has 0 saturated heterocycles. The van der Waals surface area contributed by atoms with Crippen LogP contribution >= 0.6 is 0 Å². The van der Waals surface area contributed by atoms with Gasteiger partial charge in [-0.15, -0.1) is 0 Å². The number of nitrogens with one attached hydrogen (secondary N) is 1. The monoisotopic (exact) mass is 505 g/mol. The number of hydrogen-bond donors (Lipinski definition) is 1. The predicted molar refractivity (Wildman–Crippen MR) is 136 cm³/mol. The molecule has 2 aromatic carbocycles. The number of nitrogens with zero attached hydrogens (tertiary/aromatic N) is 2. The van der Waals surface area contributed by atoms with Gasteiger partial charge in [-0.1, -0.05) is 11.8 Å². The number of fused-ring (bicyclic) bond motifs is 2. The fraction of sp³-hybridized carbons (Fsp3) is 0.333. The first kappa shape index (κ1) is 25.9. The average Bonchev–Trinajstić information content (AvgIpc) is 3.42. The standard InChI is InChI=1S/C27H27N3O7/c1-31-8-4-5-18-6-7-21(27-26(18)36-17-37-27)30-25-19(15-28)16-29-22-14-24(23(33-3)13-20(22)25)35-12-11-34-10-9-32-2/h6-7,13-14,16H,8-12,17H2,1-3H3,(H,29,30). The van der Waals surface area contributed by atoms with Crippen LogP contribution < -0.4 is 24.3 Å². The van der Waals surface area contributed by atoms with E-state index < -0.39 is 0 Å². The summed E-state index contributed by atoms with van der Waals surface area (Å²) in [6.45, 7) is 2.11. The van der Waals surface area contributed by atoms with Gasteiger partial charge in [0.05, 0.1) is 54.9 Å². The zero-order chi connectivity index (χ0) is 26.0. The van der Waals surface area contributed by atoms with Crippen molar-refractivity contribution < 1.29 is 33.2 Å². The first-order chi connectivity index (χ1) is 18.2. The highest BCUT2D eigenvalue weighted by Gasteiger charge is 2.23. The number of aromatic nitrogens is 1. The van der Waals surface area contributed by atoms with E-state index in [1.807, 2.05) is 12.1 Å². The van der Waals surface area contributed by atoms with Crippen LogP contribution in [0.15, 0.2) is 30.5 Å². The number of benzene rings is 2. The molecule has 3 aromatic rings. The fourth-order valence-corrected chi connectivity index (χ4v) is 3.68. The average molecular weight is 506 g/mol. The molecule has 2 heterocycles. The highest BCUT2D eigenvalue weighted by Crippen LogP contribution is 2.44. The molecule has 0 saturated carbocycles. The van der Waals surface area contributed by atoms with Gasteiger partial charge in [0.2, 0.25) is 6.79 Å². The molecule has 37 heavy (non-hydrogen) atoms. The third kappa shape index (κ3) is 5.96. The summed E-state index contributed by atoms with van der Waals surface area (Å²) in [4.78, 5) is 4.46. The summed E-state index contributed by atoms with van der Waals surface area (Å²) in [6, 6.07) is 9.42. The van der Waals surface area contributed by atoms with Gasteiger partial charge in [-0.25, -0.2) is 0 Å². The van der Waals surface area contributed by atoms with Crippen molar-refractivity contribution in [3.8, 4) is 40.9 Å². The molecule has 10 nitrogen and oxygen atoms in total. The highest BCUT2D eigenvalue weighted by atomic mass is 16.7. The number of methoxy groups -OCH3 is 3. The SMILES string of the molecule is COCC#Cc1ccc(Nc2c(C#N)cnc3cc(OCCOCCOC)c(OC)cc23)c2c1OCO2. The minimum Gasteiger partial charge on any atom is -0.493 e. The van der Waals surface area contributed by atoms with Gasteiger partial charge in [-0.3, -0.25) is 4.98 Å². The van der Waals surface area contributed by atoms with Crippen molar-refractivity contribution in [3.63, 3.8) is 0 Å². The Morgan fingerprint density at radius 3 is 2.59 bits per heavy atom. The molecule has 1 aliphatic heterocycles. The quantitative estimate of drug-likeness (QED) is 0.306. The molecule has 1 aliphatic rings. The smallest absolute Gasteiger partial charge is 0.231 e. The molecule has 0 bridgehead atoms. The van der Waals surface area contributed by atoms with Gasteiger partial charge in [0.15, 0.2) is 23.0 Å². The van der Waals surface area contributed by atoms with Gasteiger partial charge in [0.25, 0.3) is 0 Å². The van der Waals surface area contributed by atoms with E-state index in [-0.39, 0.29) is 6.79 Å². The molecular formula is C27H27N3O7. The van der Waals surface area contributed by atoms with Crippen molar-refractivity contribution in [2.75, 3.05) is 66.5 Å². The number of ether oxygens (including phenoxy) is 7. The number of hydrogen-bond acceptors (Lipinski definition) is 10. The highest BCUT2D eigenvalue weighted by molar-refractivity contribution is 5.98. The topological polar surface area (TPSA) is 113 Å². The maximum atomic E-state index is 9.81. The van der Waals surface area contributed by atoms with Gasteiger partial charge < -0.3 is 38.5 Å². The van der Waals surface area contributed by atoms with E-state index >= 15 is 0 Å². The summed E-state index contributed by atoms with van der Waals surface area (Å²) >= 11 is 0. The second kappa shape index (κ2) is 12.7. The lowest BCUT2D eigenvalue weighted by Gasteiger charge is -2.16. The van der Waals surface area contributed by atoms with Gasteiger partial charge in [0, 0.05) is 31.9 Å². The van der Waals surface area contributed by atoms with Crippen molar-refractivity contribution in [2.24, 2.45) is 0 Å². The number of nitriles is 1. The van der Waals surface area contributed by atoms with E-state index in [2.05, 4.69) is 28.2 Å². The summed E-state index contributed by atoms with van der Waals surface area (Å²) in [7, 11) is 4.76. The van der Waals surface area contributed by atoms with Gasteiger partial charge in [-0.05, 0) is 18.2 Å². The molecule has 0 atom stereocenters. The molecule has 0 spiro atoms. The first-order valence-corrected chi connectivity index (χ1v) is 11.5. The fourth-order valence-electron chi connectivity index (χ4n) is 3.68. The lowest BCUT2D eigenvalue weighted by Crippen LogP contribution is -2.10. The molecule has 1 aromatic heterocycles. The largest absolute Gasteiger partial charge is 0.493 e. The molecule has 0 radical (unpaired) electrons. The molecule has 0 amide bonds. The minimum absolute atomic E-state index is 0.0683. The lowest BCUT2D eigenvalue weighted by atomic mass is 10.1. The first-order valence-electron chi connectivity index (χ1n) is 11.5. The predicted octanol–water partition coefficient (Wildman–Crippen LogP) is 3.63. The van der Waals surface area contributed by atoms with Crippen LogP contribution in [-0.2, 0) is 14.2 Å². The molecular weight excluding hydrogens is 478 g/mol. The van der Waals surface area contributed by atoms with Crippen molar-refractivity contribution in [2.45, 2.75) is 0 Å². The molecule has 4 rings (SSSR count). The van der Waals surface area contributed by atoms with Crippen LogP contribution in [-0.4, -0.2) is 66.1 Å². The molecule has 1 N–H and O–H groups in total. The second-order valence-electron chi connectivity index (χ2n) is 7.72. The van der Waals surface area contributed by atoms with E-state index in [0.717, 1.165) is 0 Å². The third-order valence-electron chi connectivity index (χ3n) is 5.41. The summed E-state index contributed by atoms with van der Waals surface area (Å²) in [6.07, 6.45) is 1.51. The van der Waals surface area contributed by atoms with E-state index in [4.69, 9.17) is 33.2 Å². The van der Waals surface area contributed by atoms with Crippen molar-refractivity contribution in [3.05, 3.63) is 41.6 Å². The summed E-state index contributed by atoms with van der Waals surface area (Å²) in [5, 5.41) is 13.8. The van der Waals surface area contributed by atoms with Crippen molar-refractivity contribution in [1.82, 2.24) is 4.98 Å². The molecule has 192 valence electrons. The summed E-state index contributed by atoms with van der Waals surface area (Å²) in [5.74, 6) is 8.01. The Kier molecular flexibility index (Phi) is 8.84. The Balaban J connectivity index is 1.65. The Labute approximate surface area is 214 Å². The lowest BCUT2D eigenvalue weighted by molar-refractivity contribution is 0.0540. The van der Waals surface area contributed by atoms with Crippen LogP contribution in [0.25, 0.3) is 10.9 Å². The Hall–Kier alpha value is -4.22. The Morgan fingerprint density at radius 2 is 1.81 bits per heavy atom. The number of anilines is 2. The molecule has 10 heteroatoms. The molecule has 0 unspecified atom stereocenters. The number of pyridine rings is 1. The maximum Gasteiger partial charge on any atom is 0.231 e. The molecule has 0 aliphatic carbocycles. The van der Waals surface area contributed by atoms with Crippen LogP contribution in [0, 0.1) is 23.2 Å². The van der Waals surface area contributed by atoms with Gasteiger partial charge in [0.1, 0.15) is 19.3 Å². The van der Waals surface area contributed by atoms with Gasteiger partial charge in [-0.2, -0.15) is 5.26 Å². The zero-order valence-corrected chi connectivity index (χ0v) is 20.9. The van der Waals surface area contributed by atoms with Crippen molar-refractivity contribution >= 4 is 22.3 Å². The summed E-state index contributed by atoms with van der Waals surface area (Å²) < 4.78 is 38.3. The third-order valence-corrected chi connectivity index (χ3v) is 5.41. The van der Waals surface area contributed by atoms with Crippen LogP contribution in [0.1, 0.15) is 11.1 Å². The van der Waals surface area contributed by atoms with E-state index in [9.17, 15) is 5.26 Å². The van der Waals surface area contributed by atoms with Crippen LogP contribution in [0.5, 0.6) is 23.0 Å².